The third-order valence-electron chi connectivity index (χ3n) is 4.62. The molecule has 160 valence electrons. The standard InChI is InChI=1S/C24H19ClN4O2S/c1-16-9-11-19(12-10-16)29-23(31)20-7-2-3-8-21(20)27-24(29)32-15-22(30)28-26-14-17-5-4-6-18(25)13-17/h2-14H,15H2,1H3,(H,28,30)/b26-14-. The molecule has 3 aromatic carbocycles. The Bertz CT molecular complexity index is 1370. The van der Waals surface area contributed by atoms with E-state index in [2.05, 4.69) is 15.5 Å². The SMILES string of the molecule is Cc1ccc(-n2c(SCC(=O)N/N=C\c3cccc(Cl)c3)nc3ccccc3c2=O)cc1. The predicted molar refractivity (Wildman–Crippen MR) is 130 cm³/mol. The minimum Gasteiger partial charge on any atom is -0.272 e. The van der Waals surface area contributed by atoms with Gasteiger partial charge in [-0.15, -0.1) is 0 Å². The number of aryl methyl sites for hydroxylation is 1. The fraction of sp³-hybridized carbons (Fsp3) is 0.0833. The molecule has 0 saturated heterocycles. The lowest BCUT2D eigenvalue weighted by Crippen LogP contribution is -2.24. The number of hydrogen-bond acceptors (Lipinski definition) is 5. The highest BCUT2D eigenvalue weighted by Gasteiger charge is 2.14. The van der Waals surface area contributed by atoms with Crippen LogP contribution in [0, 0.1) is 6.92 Å². The maximum Gasteiger partial charge on any atom is 0.266 e. The second-order valence-electron chi connectivity index (χ2n) is 7.02. The van der Waals surface area contributed by atoms with Gasteiger partial charge >= 0.3 is 0 Å². The molecule has 1 heterocycles. The summed E-state index contributed by atoms with van der Waals surface area (Å²) in [6, 6.07) is 21.9. The van der Waals surface area contributed by atoms with Gasteiger partial charge in [0.1, 0.15) is 0 Å². The average molecular weight is 463 g/mol. The lowest BCUT2D eigenvalue weighted by Gasteiger charge is -2.13. The van der Waals surface area contributed by atoms with Gasteiger partial charge in [-0.05, 0) is 48.9 Å². The van der Waals surface area contributed by atoms with Crippen molar-refractivity contribution in [3.05, 3.63) is 99.3 Å². The van der Waals surface area contributed by atoms with E-state index in [4.69, 9.17) is 11.6 Å². The Kier molecular flexibility index (Phi) is 6.68. The Hall–Kier alpha value is -3.42. The molecular weight excluding hydrogens is 444 g/mol. The predicted octanol–water partition coefficient (Wildman–Crippen LogP) is 4.59. The largest absolute Gasteiger partial charge is 0.272 e. The molecule has 1 aromatic heterocycles. The molecule has 0 unspecified atom stereocenters. The molecule has 6 nitrogen and oxygen atoms in total. The number of nitrogens with one attached hydrogen (secondary N) is 1. The molecule has 0 radical (unpaired) electrons. The number of nitrogens with zero attached hydrogens (tertiary/aromatic N) is 3. The molecule has 0 aliphatic heterocycles. The molecule has 0 fully saturated rings. The van der Waals surface area contributed by atoms with E-state index in [9.17, 15) is 9.59 Å². The van der Waals surface area contributed by atoms with Crippen LogP contribution in [0.25, 0.3) is 16.6 Å². The summed E-state index contributed by atoms with van der Waals surface area (Å²) in [4.78, 5) is 30.2. The molecule has 0 atom stereocenters. The number of halogens is 1. The van der Waals surface area contributed by atoms with Crippen molar-refractivity contribution in [2.75, 3.05) is 5.75 Å². The number of thioether (sulfide) groups is 1. The number of hydrogen-bond donors (Lipinski definition) is 1. The van der Waals surface area contributed by atoms with E-state index in [0.29, 0.717) is 26.8 Å². The second kappa shape index (κ2) is 9.80. The van der Waals surface area contributed by atoms with Gasteiger partial charge in [-0.3, -0.25) is 14.2 Å². The van der Waals surface area contributed by atoms with E-state index in [1.807, 2.05) is 49.4 Å². The van der Waals surface area contributed by atoms with Crippen LogP contribution in [-0.2, 0) is 4.79 Å². The first-order valence-corrected chi connectivity index (χ1v) is 11.2. The van der Waals surface area contributed by atoms with Gasteiger partial charge in [0.15, 0.2) is 5.16 Å². The zero-order valence-corrected chi connectivity index (χ0v) is 18.7. The summed E-state index contributed by atoms with van der Waals surface area (Å²) in [7, 11) is 0. The quantitative estimate of drug-likeness (QED) is 0.197. The minimum atomic E-state index is -0.314. The van der Waals surface area contributed by atoms with E-state index in [1.54, 1.807) is 30.3 Å². The van der Waals surface area contributed by atoms with Crippen molar-refractivity contribution >= 4 is 46.4 Å². The van der Waals surface area contributed by atoms with E-state index >= 15 is 0 Å². The number of benzene rings is 3. The van der Waals surface area contributed by atoms with Gasteiger partial charge in [-0.1, -0.05) is 65.3 Å². The van der Waals surface area contributed by atoms with Gasteiger partial charge in [0.25, 0.3) is 11.5 Å². The smallest absolute Gasteiger partial charge is 0.266 e. The fourth-order valence-corrected chi connectivity index (χ4v) is 4.06. The number of para-hydroxylation sites is 1. The molecule has 1 amide bonds. The van der Waals surface area contributed by atoms with Gasteiger partial charge in [0.05, 0.1) is 28.6 Å². The topological polar surface area (TPSA) is 76.3 Å². The second-order valence-corrected chi connectivity index (χ2v) is 8.40. The third-order valence-corrected chi connectivity index (χ3v) is 5.79. The molecule has 8 heteroatoms. The summed E-state index contributed by atoms with van der Waals surface area (Å²) >= 11 is 7.12. The van der Waals surface area contributed by atoms with Gasteiger partial charge < -0.3 is 0 Å². The highest BCUT2D eigenvalue weighted by Crippen LogP contribution is 2.21. The minimum absolute atomic E-state index is 0.0452. The number of rotatable bonds is 6. The highest BCUT2D eigenvalue weighted by atomic mass is 35.5. The molecule has 32 heavy (non-hydrogen) atoms. The van der Waals surface area contributed by atoms with Crippen LogP contribution in [0.5, 0.6) is 0 Å². The van der Waals surface area contributed by atoms with Crippen molar-refractivity contribution in [1.29, 1.82) is 0 Å². The Morgan fingerprint density at radius 2 is 1.91 bits per heavy atom. The third kappa shape index (κ3) is 5.07. The fourth-order valence-electron chi connectivity index (χ4n) is 3.06. The average Bonchev–Trinajstić information content (AvgIpc) is 2.79. The van der Waals surface area contributed by atoms with Crippen LogP contribution < -0.4 is 11.0 Å². The Morgan fingerprint density at radius 3 is 2.69 bits per heavy atom. The Labute approximate surface area is 194 Å². The van der Waals surface area contributed by atoms with Crippen molar-refractivity contribution in [2.45, 2.75) is 12.1 Å². The maximum atomic E-state index is 13.2. The van der Waals surface area contributed by atoms with Gasteiger partial charge in [-0.2, -0.15) is 5.10 Å². The number of aromatic nitrogens is 2. The molecule has 0 spiro atoms. The van der Waals surface area contributed by atoms with E-state index in [1.165, 1.54) is 22.5 Å². The first kappa shape index (κ1) is 21.8. The van der Waals surface area contributed by atoms with Crippen molar-refractivity contribution in [2.24, 2.45) is 5.10 Å². The summed E-state index contributed by atoms with van der Waals surface area (Å²) < 4.78 is 1.54. The summed E-state index contributed by atoms with van der Waals surface area (Å²) in [5.41, 5.74) is 5.45. The van der Waals surface area contributed by atoms with Gasteiger partial charge in [0.2, 0.25) is 0 Å². The number of hydrazone groups is 1. The maximum absolute atomic E-state index is 13.2. The Balaban J connectivity index is 1.56. The van der Waals surface area contributed by atoms with E-state index < -0.39 is 0 Å². The zero-order valence-electron chi connectivity index (χ0n) is 17.2. The van der Waals surface area contributed by atoms with Crippen LogP contribution in [0.1, 0.15) is 11.1 Å². The molecule has 0 aliphatic rings. The van der Waals surface area contributed by atoms with Crippen LogP contribution in [0.2, 0.25) is 5.02 Å². The van der Waals surface area contributed by atoms with E-state index in [-0.39, 0.29) is 17.2 Å². The first-order chi connectivity index (χ1) is 15.5. The van der Waals surface area contributed by atoms with Crippen LogP contribution in [0.4, 0.5) is 0 Å². The van der Waals surface area contributed by atoms with Crippen LogP contribution >= 0.6 is 23.4 Å². The van der Waals surface area contributed by atoms with Crippen molar-refractivity contribution in [3.8, 4) is 5.69 Å². The molecule has 4 aromatic rings. The van der Waals surface area contributed by atoms with E-state index in [0.717, 1.165) is 11.1 Å². The highest BCUT2D eigenvalue weighted by molar-refractivity contribution is 7.99. The summed E-state index contributed by atoms with van der Waals surface area (Å²) in [5, 5.41) is 5.52. The molecule has 0 saturated carbocycles. The number of carbonyl (C=O) groups excluding carboxylic acids is 1. The molecule has 1 N–H and O–H groups in total. The number of fused-ring (bicyclic) bond motifs is 1. The molecular formula is C24H19ClN4O2S. The summed E-state index contributed by atoms with van der Waals surface area (Å²) in [6.45, 7) is 1.98. The zero-order chi connectivity index (χ0) is 22.5. The van der Waals surface area contributed by atoms with Crippen molar-refractivity contribution in [1.82, 2.24) is 15.0 Å². The molecule has 0 aliphatic carbocycles. The van der Waals surface area contributed by atoms with Gasteiger partial charge in [0, 0.05) is 5.02 Å². The van der Waals surface area contributed by atoms with Crippen molar-refractivity contribution in [3.63, 3.8) is 0 Å². The number of amides is 1. The summed E-state index contributed by atoms with van der Waals surface area (Å²) in [5.74, 6) is -0.269. The first-order valence-electron chi connectivity index (χ1n) is 9.80. The van der Waals surface area contributed by atoms with Crippen LogP contribution in [0.15, 0.2) is 87.8 Å². The number of carbonyl (C=O) groups is 1. The van der Waals surface area contributed by atoms with Crippen molar-refractivity contribution < 1.29 is 4.79 Å². The Morgan fingerprint density at radius 1 is 1.12 bits per heavy atom. The lowest BCUT2D eigenvalue weighted by atomic mass is 10.2. The monoisotopic (exact) mass is 462 g/mol. The lowest BCUT2D eigenvalue weighted by molar-refractivity contribution is -0.118. The van der Waals surface area contributed by atoms with Crippen LogP contribution in [0.3, 0.4) is 0 Å². The van der Waals surface area contributed by atoms with Crippen LogP contribution in [-0.4, -0.2) is 27.4 Å². The molecule has 4 rings (SSSR count). The molecule has 0 bridgehead atoms. The summed E-state index contributed by atoms with van der Waals surface area (Å²) in [6.07, 6.45) is 1.52. The normalized spacial score (nSPS) is 11.2. The van der Waals surface area contributed by atoms with Gasteiger partial charge in [-0.25, -0.2) is 10.4 Å².